The lowest BCUT2D eigenvalue weighted by Crippen LogP contribution is -2.14. The summed E-state index contributed by atoms with van der Waals surface area (Å²) in [5.41, 5.74) is 2.29. The molecule has 0 saturated heterocycles. The number of carbonyl (C=O) groups is 1. The number of fused-ring (bicyclic) bond motifs is 1. The predicted molar refractivity (Wildman–Crippen MR) is 133 cm³/mol. The number of ketones is 1. The lowest BCUT2D eigenvalue weighted by molar-refractivity contribution is -0.117. The number of nitrogens with one attached hydrogen (secondary N) is 1. The van der Waals surface area contributed by atoms with Crippen LogP contribution in [0.4, 0.5) is 4.39 Å². The van der Waals surface area contributed by atoms with Crippen molar-refractivity contribution >= 4 is 16.9 Å². The van der Waals surface area contributed by atoms with Gasteiger partial charge in [-0.3, -0.25) is 14.3 Å². The van der Waals surface area contributed by atoms with Gasteiger partial charge in [-0.1, -0.05) is 26.8 Å². The number of Topliss-reactive ketones (excluding diaryl/α,β-unsaturated/α-hetero) is 1. The molecule has 0 bridgehead atoms. The maximum absolute atomic E-state index is 14.9. The van der Waals surface area contributed by atoms with Crippen LogP contribution < -0.4 is 10.3 Å². The van der Waals surface area contributed by atoms with Crippen molar-refractivity contribution in [3.8, 4) is 11.5 Å². The molecular formula is C27H28FN5O3. The molecule has 1 N–H and O–H groups in total. The Hall–Kier alpha value is -3.88. The first-order valence-electron chi connectivity index (χ1n) is 12.0. The highest BCUT2D eigenvalue weighted by Gasteiger charge is 2.26. The van der Waals surface area contributed by atoms with E-state index in [-0.39, 0.29) is 41.0 Å². The van der Waals surface area contributed by atoms with Crippen LogP contribution in [0.3, 0.4) is 0 Å². The normalized spacial score (nSPS) is 13.8. The zero-order valence-electron chi connectivity index (χ0n) is 20.5. The van der Waals surface area contributed by atoms with Gasteiger partial charge >= 0.3 is 0 Å². The number of aromatic amines is 1. The fraction of sp³-hybridized carbons (Fsp3) is 0.370. The number of carbonyl (C=O) groups excluding carboxylic acids is 1. The van der Waals surface area contributed by atoms with E-state index in [4.69, 9.17) is 9.84 Å². The Balaban J connectivity index is 1.30. The topological polar surface area (TPSA) is 103 Å². The molecule has 8 nitrogen and oxygen atoms in total. The summed E-state index contributed by atoms with van der Waals surface area (Å²) in [6.07, 6.45) is 5.18. The van der Waals surface area contributed by atoms with Crippen LogP contribution in [-0.4, -0.2) is 30.5 Å². The van der Waals surface area contributed by atoms with Crippen molar-refractivity contribution in [3.63, 3.8) is 0 Å². The van der Waals surface area contributed by atoms with Gasteiger partial charge in [-0.25, -0.2) is 14.4 Å². The zero-order valence-corrected chi connectivity index (χ0v) is 20.5. The molecule has 0 radical (unpaired) electrons. The maximum atomic E-state index is 14.9. The minimum atomic E-state index is -0.526. The minimum Gasteiger partial charge on any atom is -0.455 e. The van der Waals surface area contributed by atoms with Crippen LogP contribution in [0.15, 0.2) is 47.5 Å². The second-order valence-electron chi connectivity index (χ2n) is 10.4. The zero-order chi connectivity index (χ0) is 25.4. The number of pyridine rings is 1. The molecule has 1 aromatic carbocycles. The largest absolute Gasteiger partial charge is 0.455 e. The first-order valence-corrected chi connectivity index (χ1v) is 12.0. The highest BCUT2D eigenvalue weighted by molar-refractivity contribution is 5.83. The van der Waals surface area contributed by atoms with Gasteiger partial charge in [0, 0.05) is 48.8 Å². The van der Waals surface area contributed by atoms with Crippen molar-refractivity contribution in [2.24, 2.45) is 5.92 Å². The minimum absolute atomic E-state index is 0.0213. The summed E-state index contributed by atoms with van der Waals surface area (Å²) in [4.78, 5) is 35.1. The molecule has 0 amide bonds. The van der Waals surface area contributed by atoms with Gasteiger partial charge < -0.3 is 9.72 Å². The number of hydrogen-bond donors (Lipinski definition) is 1. The summed E-state index contributed by atoms with van der Waals surface area (Å²) in [6, 6.07) is 8.01. The van der Waals surface area contributed by atoms with E-state index in [1.54, 1.807) is 18.2 Å². The molecule has 0 atom stereocenters. The summed E-state index contributed by atoms with van der Waals surface area (Å²) in [6.45, 7) is 7.13. The second-order valence-corrected chi connectivity index (χ2v) is 10.4. The van der Waals surface area contributed by atoms with Crippen molar-refractivity contribution in [2.75, 3.05) is 0 Å². The Morgan fingerprint density at radius 1 is 1.17 bits per heavy atom. The van der Waals surface area contributed by atoms with Gasteiger partial charge in [-0.2, -0.15) is 5.10 Å². The van der Waals surface area contributed by atoms with Gasteiger partial charge in [-0.15, -0.1) is 0 Å². The van der Waals surface area contributed by atoms with Crippen LogP contribution in [0.25, 0.3) is 11.2 Å². The van der Waals surface area contributed by atoms with Gasteiger partial charge in [0.2, 0.25) is 0 Å². The fourth-order valence-corrected chi connectivity index (χ4v) is 4.01. The molecule has 1 aliphatic carbocycles. The van der Waals surface area contributed by atoms with Crippen LogP contribution >= 0.6 is 0 Å². The standard InChI is InChI=1S/C27H28FN5O3/c1-27(2,3)23-12-18(33(32-23)15-16-4-5-16)11-19(34)10-17-6-7-20(13-21(17)28)36-22-8-9-29-26-25(22)30-14-24(35)31-26/h6-9,12-14,16H,4-5,10-11,15H2,1-3H3,(H,29,31,35). The fourth-order valence-electron chi connectivity index (χ4n) is 4.01. The Labute approximate surface area is 207 Å². The third-order valence-corrected chi connectivity index (χ3v) is 6.22. The van der Waals surface area contributed by atoms with Crippen LogP contribution in [0.1, 0.15) is 50.6 Å². The quantitative estimate of drug-likeness (QED) is 0.391. The molecule has 0 unspecified atom stereocenters. The number of benzene rings is 1. The van der Waals surface area contributed by atoms with Gasteiger partial charge in [0.25, 0.3) is 5.56 Å². The first kappa shape index (κ1) is 23.8. The van der Waals surface area contributed by atoms with Crippen LogP contribution in [-0.2, 0) is 29.6 Å². The molecule has 0 spiro atoms. The highest BCUT2D eigenvalue weighted by atomic mass is 19.1. The molecule has 36 heavy (non-hydrogen) atoms. The summed E-state index contributed by atoms with van der Waals surface area (Å²) in [7, 11) is 0. The third kappa shape index (κ3) is 5.35. The predicted octanol–water partition coefficient (Wildman–Crippen LogP) is 4.51. The molecule has 186 valence electrons. The Bertz CT molecular complexity index is 1500. The summed E-state index contributed by atoms with van der Waals surface area (Å²) in [5, 5.41) is 4.76. The smallest absolute Gasteiger partial charge is 0.268 e. The third-order valence-electron chi connectivity index (χ3n) is 6.22. The number of rotatable bonds is 8. The number of hydrogen-bond acceptors (Lipinski definition) is 6. The molecule has 9 heteroatoms. The van der Waals surface area contributed by atoms with E-state index >= 15 is 0 Å². The van der Waals surface area contributed by atoms with E-state index in [1.165, 1.54) is 25.1 Å². The molecule has 5 rings (SSSR count). The van der Waals surface area contributed by atoms with Gasteiger partial charge in [-0.05, 0) is 36.5 Å². The Morgan fingerprint density at radius 3 is 2.69 bits per heavy atom. The Morgan fingerprint density at radius 2 is 1.97 bits per heavy atom. The van der Waals surface area contributed by atoms with E-state index in [9.17, 15) is 14.0 Å². The summed E-state index contributed by atoms with van der Waals surface area (Å²) >= 11 is 0. The van der Waals surface area contributed by atoms with Gasteiger partial charge in [0.15, 0.2) is 11.4 Å². The second kappa shape index (κ2) is 9.29. The number of nitrogens with zero attached hydrogens (tertiary/aromatic N) is 4. The number of aromatic nitrogens is 5. The number of ether oxygens (including phenoxy) is 1. The average Bonchev–Trinajstić information content (AvgIpc) is 3.54. The molecule has 0 aliphatic heterocycles. The van der Waals surface area contributed by atoms with Crippen molar-refractivity contribution in [1.82, 2.24) is 24.7 Å². The van der Waals surface area contributed by atoms with Crippen molar-refractivity contribution in [1.29, 1.82) is 0 Å². The maximum Gasteiger partial charge on any atom is 0.268 e. The molecule has 4 aromatic rings. The lowest BCUT2D eigenvalue weighted by Gasteiger charge is -2.14. The van der Waals surface area contributed by atoms with Crippen molar-refractivity contribution < 1.29 is 13.9 Å². The van der Waals surface area contributed by atoms with E-state index < -0.39 is 5.82 Å². The monoisotopic (exact) mass is 489 g/mol. The van der Waals surface area contributed by atoms with Crippen LogP contribution in [0, 0.1) is 11.7 Å². The van der Waals surface area contributed by atoms with E-state index in [0.29, 0.717) is 22.7 Å². The average molecular weight is 490 g/mol. The van der Waals surface area contributed by atoms with Gasteiger partial charge in [0.05, 0.1) is 11.9 Å². The Kier molecular flexibility index (Phi) is 6.15. The molecule has 1 aliphatic rings. The number of H-pyrrole nitrogens is 1. The van der Waals surface area contributed by atoms with Gasteiger partial charge in [0.1, 0.15) is 22.9 Å². The summed E-state index contributed by atoms with van der Waals surface area (Å²) < 4.78 is 22.7. The summed E-state index contributed by atoms with van der Waals surface area (Å²) in [5.74, 6) is 0.611. The van der Waals surface area contributed by atoms with Crippen LogP contribution in [0.5, 0.6) is 11.5 Å². The number of halogens is 1. The highest BCUT2D eigenvalue weighted by Crippen LogP contribution is 2.32. The van der Waals surface area contributed by atoms with Crippen LogP contribution in [0.2, 0.25) is 0 Å². The lowest BCUT2D eigenvalue weighted by atomic mass is 9.92. The first-order chi connectivity index (χ1) is 17.2. The molecule has 1 fully saturated rings. The van der Waals surface area contributed by atoms with E-state index in [2.05, 4.69) is 35.7 Å². The SMILES string of the molecule is CC(C)(C)c1cc(CC(=O)Cc2ccc(Oc3ccnc4[nH]c(=O)cnc34)cc2F)n(CC2CC2)n1. The van der Waals surface area contributed by atoms with Crippen molar-refractivity contribution in [3.05, 3.63) is 75.8 Å². The van der Waals surface area contributed by atoms with E-state index in [0.717, 1.165) is 24.1 Å². The molecular weight excluding hydrogens is 461 g/mol. The molecule has 1 saturated carbocycles. The van der Waals surface area contributed by atoms with Crippen molar-refractivity contribution in [2.45, 2.75) is 58.4 Å². The molecule has 3 heterocycles. The molecule has 3 aromatic heterocycles. The van der Waals surface area contributed by atoms with E-state index in [1.807, 2.05) is 10.7 Å².